The Balaban J connectivity index is 2.27. The van der Waals surface area contributed by atoms with Crippen LogP contribution in [0.2, 0.25) is 0 Å². The van der Waals surface area contributed by atoms with Gasteiger partial charge in [0.15, 0.2) is 6.19 Å². The summed E-state index contributed by atoms with van der Waals surface area (Å²) in [6.07, 6.45) is 3.63. The van der Waals surface area contributed by atoms with Crippen LogP contribution in [0.1, 0.15) is 19.8 Å². The molecule has 0 saturated carbocycles. The maximum Gasteiger partial charge on any atom is 0.302 e. The summed E-state index contributed by atoms with van der Waals surface area (Å²) in [5.74, 6) is -0.231. The first-order valence-electron chi connectivity index (χ1n) is 4.04. The van der Waals surface area contributed by atoms with Crippen LogP contribution >= 0.6 is 0 Å². The highest BCUT2D eigenvalue weighted by Crippen LogP contribution is 2.12. The highest BCUT2D eigenvalue weighted by atomic mass is 16.5. The standard InChI is InChI=1S/C8H12N2O2/c1-7(11)12-8-2-4-10(6-9)5-3-8/h8H,2-5H2,1H3. The van der Waals surface area contributed by atoms with Gasteiger partial charge in [0.05, 0.1) is 0 Å². The lowest BCUT2D eigenvalue weighted by Gasteiger charge is -2.27. The second-order valence-electron chi connectivity index (χ2n) is 2.90. The first-order valence-corrected chi connectivity index (χ1v) is 4.04. The maximum atomic E-state index is 10.6. The Morgan fingerprint density at radius 2 is 2.17 bits per heavy atom. The Bertz CT molecular complexity index is 202. The van der Waals surface area contributed by atoms with Crippen molar-refractivity contribution in [1.29, 1.82) is 5.26 Å². The molecule has 0 N–H and O–H groups in total. The third kappa shape index (κ3) is 2.42. The molecule has 12 heavy (non-hydrogen) atoms. The van der Waals surface area contributed by atoms with Crippen LogP contribution in [-0.4, -0.2) is 30.1 Å². The van der Waals surface area contributed by atoms with E-state index in [1.54, 1.807) is 4.90 Å². The van der Waals surface area contributed by atoms with Gasteiger partial charge in [0.2, 0.25) is 0 Å². The van der Waals surface area contributed by atoms with Gasteiger partial charge in [-0.2, -0.15) is 5.26 Å². The van der Waals surface area contributed by atoms with E-state index in [4.69, 9.17) is 10.00 Å². The van der Waals surface area contributed by atoms with Crippen LogP contribution in [0, 0.1) is 11.5 Å². The molecule has 0 aliphatic carbocycles. The van der Waals surface area contributed by atoms with Gasteiger partial charge in [-0.15, -0.1) is 0 Å². The van der Waals surface area contributed by atoms with Crippen LogP contribution in [-0.2, 0) is 9.53 Å². The number of piperidine rings is 1. The summed E-state index contributed by atoms with van der Waals surface area (Å²) in [4.78, 5) is 12.2. The molecule has 0 aromatic rings. The van der Waals surface area contributed by atoms with Gasteiger partial charge in [0.25, 0.3) is 0 Å². The van der Waals surface area contributed by atoms with Crippen LogP contribution in [0.25, 0.3) is 0 Å². The van der Waals surface area contributed by atoms with Gasteiger partial charge >= 0.3 is 5.97 Å². The molecule has 0 bridgehead atoms. The largest absolute Gasteiger partial charge is 0.462 e. The molecule has 0 radical (unpaired) electrons. The second-order valence-corrected chi connectivity index (χ2v) is 2.90. The first kappa shape index (κ1) is 8.85. The highest BCUT2D eigenvalue weighted by molar-refractivity contribution is 5.66. The molecule has 66 valence electrons. The topological polar surface area (TPSA) is 53.3 Å². The molecule has 0 amide bonds. The minimum atomic E-state index is -0.231. The van der Waals surface area contributed by atoms with Gasteiger partial charge < -0.3 is 9.64 Å². The lowest BCUT2D eigenvalue weighted by molar-refractivity contribution is -0.148. The van der Waals surface area contributed by atoms with Crippen molar-refractivity contribution in [2.45, 2.75) is 25.9 Å². The third-order valence-electron chi connectivity index (χ3n) is 1.92. The minimum Gasteiger partial charge on any atom is -0.462 e. The van der Waals surface area contributed by atoms with Crippen LogP contribution in [0.3, 0.4) is 0 Å². The van der Waals surface area contributed by atoms with E-state index in [0.29, 0.717) is 13.1 Å². The van der Waals surface area contributed by atoms with Crippen LogP contribution in [0.5, 0.6) is 0 Å². The smallest absolute Gasteiger partial charge is 0.302 e. The Labute approximate surface area is 71.7 Å². The van der Waals surface area contributed by atoms with Crippen molar-refractivity contribution in [3.63, 3.8) is 0 Å². The van der Waals surface area contributed by atoms with Crippen molar-refractivity contribution in [3.05, 3.63) is 0 Å². The van der Waals surface area contributed by atoms with E-state index in [1.165, 1.54) is 6.92 Å². The lowest BCUT2D eigenvalue weighted by Crippen LogP contribution is -2.34. The average molecular weight is 168 g/mol. The second kappa shape index (κ2) is 3.96. The molecule has 0 aromatic carbocycles. The first-order chi connectivity index (χ1) is 5.72. The summed E-state index contributed by atoms with van der Waals surface area (Å²) in [6.45, 7) is 2.82. The van der Waals surface area contributed by atoms with E-state index >= 15 is 0 Å². The number of rotatable bonds is 1. The molecule has 0 atom stereocenters. The lowest BCUT2D eigenvalue weighted by atomic mass is 10.1. The molecule has 1 rings (SSSR count). The predicted octanol–water partition coefficient (Wildman–Crippen LogP) is 0.495. The zero-order chi connectivity index (χ0) is 8.97. The van der Waals surface area contributed by atoms with Crippen molar-refractivity contribution in [3.8, 4) is 6.19 Å². The summed E-state index contributed by atoms with van der Waals surface area (Å²) in [6, 6.07) is 0. The van der Waals surface area contributed by atoms with Crippen molar-refractivity contribution < 1.29 is 9.53 Å². The predicted molar refractivity (Wildman–Crippen MR) is 42.0 cm³/mol. The van der Waals surface area contributed by atoms with E-state index in [2.05, 4.69) is 6.19 Å². The monoisotopic (exact) mass is 168 g/mol. The number of ether oxygens (including phenoxy) is 1. The van der Waals surface area contributed by atoms with Gasteiger partial charge in [-0.1, -0.05) is 0 Å². The third-order valence-corrected chi connectivity index (χ3v) is 1.92. The summed E-state index contributed by atoms with van der Waals surface area (Å²) >= 11 is 0. The Kier molecular flexibility index (Phi) is 2.92. The molecule has 1 aliphatic rings. The van der Waals surface area contributed by atoms with Crippen LogP contribution < -0.4 is 0 Å². The number of esters is 1. The van der Waals surface area contributed by atoms with E-state index in [0.717, 1.165) is 12.8 Å². The maximum absolute atomic E-state index is 10.6. The number of carbonyl (C=O) groups is 1. The number of likely N-dealkylation sites (tertiary alicyclic amines) is 1. The van der Waals surface area contributed by atoms with E-state index in [9.17, 15) is 4.79 Å². The Morgan fingerprint density at radius 1 is 1.58 bits per heavy atom. The molecule has 0 spiro atoms. The molecule has 0 unspecified atom stereocenters. The molecule has 1 heterocycles. The SMILES string of the molecule is CC(=O)OC1CCN(C#N)CC1. The Morgan fingerprint density at radius 3 is 2.58 bits per heavy atom. The minimum absolute atomic E-state index is 0.0205. The molecule has 1 aliphatic heterocycles. The Hall–Kier alpha value is -1.24. The molecular weight excluding hydrogens is 156 g/mol. The van der Waals surface area contributed by atoms with Crippen LogP contribution in [0.4, 0.5) is 0 Å². The van der Waals surface area contributed by atoms with E-state index < -0.39 is 0 Å². The highest BCUT2D eigenvalue weighted by Gasteiger charge is 2.19. The number of nitrogens with zero attached hydrogens (tertiary/aromatic N) is 2. The fourth-order valence-electron chi connectivity index (χ4n) is 1.31. The number of nitriles is 1. The van der Waals surface area contributed by atoms with E-state index in [1.807, 2.05) is 0 Å². The molecule has 1 fully saturated rings. The van der Waals surface area contributed by atoms with Gasteiger partial charge in [-0.05, 0) is 0 Å². The summed E-state index contributed by atoms with van der Waals surface area (Å²) in [5, 5.41) is 8.53. The van der Waals surface area contributed by atoms with Crippen molar-refractivity contribution in [2.75, 3.05) is 13.1 Å². The van der Waals surface area contributed by atoms with Crippen LogP contribution in [0.15, 0.2) is 0 Å². The number of hydrogen-bond donors (Lipinski definition) is 0. The summed E-state index contributed by atoms with van der Waals surface area (Å²) < 4.78 is 5.01. The molecule has 0 aromatic heterocycles. The normalized spacial score (nSPS) is 18.5. The summed E-state index contributed by atoms with van der Waals surface area (Å²) in [7, 11) is 0. The van der Waals surface area contributed by atoms with E-state index in [-0.39, 0.29) is 12.1 Å². The molecule has 1 saturated heterocycles. The van der Waals surface area contributed by atoms with Crippen molar-refractivity contribution in [1.82, 2.24) is 4.90 Å². The molecular formula is C8H12N2O2. The van der Waals surface area contributed by atoms with Gasteiger partial charge in [0.1, 0.15) is 6.10 Å². The fraction of sp³-hybridized carbons (Fsp3) is 0.750. The van der Waals surface area contributed by atoms with Crippen molar-refractivity contribution >= 4 is 5.97 Å². The molecule has 4 heteroatoms. The fourth-order valence-corrected chi connectivity index (χ4v) is 1.31. The number of carbonyl (C=O) groups excluding carboxylic acids is 1. The quantitative estimate of drug-likeness (QED) is 0.422. The average Bonchev–Trinajstić information content (AvgIpc) is 2.05. The zero-order valence-electron chi connectivity index (χ0n) is 7.12. The zero-order valence-corrected chi connectivity index (χ0v) is 7.12. The number of hydrogen-bond acceptors (Lipinski definition) is 4. The van der Waals surface area contributed by atoms with Gasteiger partial charge in [-0.3, -0.25) is 4.79 Å². The summed E-state index contributed by atoms with van der Waals surface area (Å²) in [5.41, 5.74) is 0. The molecule has 4 nitrogen and oxygen atoms in total. The van der Waals surface area contributed by atoms with Gasteiger partial charge in [0, 0.05) is 32.9 Å². The van der Waals surface area contributed by atoms with Gasteiger partial charge in [-0.25, -0.2) is 0 Å². The van der Waals surface area contributed by atoms with Crippen molar-refractivity contribution in [2.24, 2.45) is 0 Å².